The maximum Gasteiger partial charge on any atom is 0.188 e. The maximum atomic E-state index is 4.64. The van der Waals surface area contributed by atoms with Gasteiger partial charge >= 0.3 is 0 Å². The molecule has 0 unspecified atom stereocenters. The van der Waals surface area contributed by atoms with Gasteiger partial charge in [0.2, 0.25) is 0 Å². The van der Waals surface area contributed by atoms with Crippen molar-refractivity contribution in [2.75, 3.05) is 7.11 Å². The summed E-state index contributed by atoms with van der Waals surface area (Å²) in [6.07, 6.45) is 0.134. The first kappa shape index (κ1) is 3.08. The maximum absolute atomic E-state index is 4.64. The van der Waals surface area contributed by atoms with Crippen LogP contribution in [0.5, 0.6) is 0 Å². The molecular weight excluding hydrogens is 68.0 g/mol. The number of ether oxygens (including phenoxy) is 1. The fourth-order valence-corrected chi connectivity index (χ4v) is 0.152. The molecule has 1 fully saturated rings. The molecule has 0 aromatic heterocycles. The van der Waals surface area contributed by atoms with E-state index in [4.69, 9.17) is 0 Å². The third-order valence-corrected chi connectivity index (χ3v) is 0.498. The van der Waals surface area contributed by atoms with E-state index in [1.807, 2.05) is 0 Å². The van der Waals surface area contributed by atoms with Crippen molar-refractivity contribution >= 4 is 0 Å². The Labute approximate surface area is 30.3 Å². The van der Waals surface area contributed by atoms with Crippen LogP contribution in [-0.4, -0.2) is 13.5 Å². The lowest BCUT2D eigenvalue weighted by molar-refractivity contribution is 0.171. The zero-order valence-electron chi connectivity index (χ0n) is 2.99. The Hall–Kier alpha value is -0.120. The van der Waals surface area contributed by atoms with E-state index in [0.717, 1.165) is 0 Å². The molecule has 1 saturated heterocycles. The van der Waals surface area contributed by atoms with Crippen molar-refractivity contribution in [3.63, 3.8) is 0 Å². The summed E-state index contributed by atoms with van der Waals surface area (Å²) in [4.78, 5) is 0. The highest BCUT2D eigenvalue weighted by atomic mass is 16.5. The Morgan fingerprint density at radius 1 is 1.60 bits per heavy atom. The lowest BCUT2D eigenvalue weighted by atomic mass is 11.2. The molecule has 0 aliphatic carbocycles. The van der Waals surface area contributed by atoms with Crippen LogP contribution in [0.3, 0.4) is 0 Å². The molecule has 3 heteroatoms. The SMILES string of the molecule is COC1NN1. The lowest BCUT2D eigenvalue weighted by Gasteiger charge is -1.76. The summed E-state index contributed by atoms with van der Waals surface area (Å²) in [6.45, 7) is 0. The summed E-state index contributed by atoms with van der Waals surface area (Å²) >= 11 is 0. The van der Waals surface area contributed by atoms with Gasteiger partial charge in [-0.25, -0.2) is 10.9 Å². The van der Waals surface area contributed by atoms with Gasteiger partial charge in [0.05, 0.1) is 0 Å². The standard InChI is InChI=1S/C2H6N2O/c1-5-2-3-4-2/h2-4H,1H3. The van der Waals surface area contributed by atoms with Crippen molar-refractivity contribution in [2.45, 2.75) is 6.35 Å². The van der Waals surface area contributed by atoms with E-state index < -0.39 is 0 Å². The average molecular weight is 74.1 g/mol. The first-order valence-corrected chi connectivity index (χ1v) is 1.47. The molecule has 1 aliphatic heterocycles. The molecule has 3 nitrogen and oxygen atoms in total. The summed E-state index contributed by atoms with van der Waals surface area (Å²) in [7, 11) is 1.64. The van der Waals surface area contributed by atoms with E-state index in [2.05, 4.69) is 15.6 Å². The second kappa shape index (κ2) is 0.931. The van der Waals surface area contributed by atoms with Crippen LogP contribution in [0, 0.1) is 0 Å². The highest BCUT2D eigenvalue weighted by molar-refractivity contribution is 4.54. The van der Waals surface area contributed by atoms with Gasteiger partial charge in [0.15, 0.2) is 6.35 Å². The van der Waals surface area contributed by atoms with Crippen LogP contribution < -0.4 is 10.9 Å². The van der Waals surface area contributed by atoms with Crippen molar-refractivity contribution in [3.05, 3.63) is 0 Å². The summed E-state index contributed by atoms with van der Waals surface area (Å²) in [5, 5.41) is 0. The van der Waals surface area contributed by atoms with Crippen LogP contribution in [0.2, 0.25) is 0 Å². The van der Waals surface area contributed by atoms with Gasteiger partial charge in [-0.3, -0.25) is 0 Å². The van der Waals surface area contributed by atoms with E-state index in [9.17, 15) is 0 Å². The fraction of sp³-hybridized carbons (Fsp3) is 1.00. The van der Waals surface area contributed by atoms with Gasteiger partial charge in [0.25, 0.3) is 0 Å². The summed E-state index contributed by atoms with van der Waals surface area (Å²) in [5.41, 5.74) is 5.42. The van der Waals surface area contributed by atoms with Gasteiger partial charge in [-0.2, -0.15) is 0 Å². The molecule has 0 aromatic carbocycles. The molecular formula is C2H6N2O. The van der Waals surface area contributed by atoms with Crippen LogP contribution in [0.1, 0.15) is 0 Å². The molecule has 0 atom stereocenters. The van der Waals surface area contributed by atoms with Crippen molar-refractivity contribution in [1.29, 1.82) is 0 Å². The summed E-state index contributed by atoms with van der Waals surface area (Å²) in [6, 6.07) is 0. The molecule has 0 saturated carbocycles. The molecule has 1 rings (SSSR count). The van der Waals surface area contributed by atoms with Crippen LogP contribution in [-0.2, 0) is 4.74 Å². The quantitative estimate of drug-likeness (QED) is 0.393. The fourth-order valence-electron chi connectivity index (χ4n) is 0.152. The molecule has 5 heavy (non-hydrogen) atoms. The summed E-state index contributed by atoms with van der Waals surface area (Å²) < 4.78 is 4.64. The number of rotatable bonds is 1. The number of hydrazine groups is 1. The second-order valence-corrected chi connectivity index (χ2v) is 0.904. The van der Waals surface area contributed by atoms with E-state index in [1.54, 1.807) is 7.11 Å². The number of nitrogens with one attached hydrogen (secondary N) is 2. The van der Waals surface area contributed by atoms with Gasteiger partial charge in [0, 0.05) is 7.11 Å². The van der Waals surface area contributed by atoms with Crippen molar-refractivity contribution in [2.24, 2.45) is 0 Å². The van der Waals surface area contributed by atoms with E-state index in [1.165, 1.54) is 0 Å². The zero-order valence-corrected chi connectivity index (χ0v) is 2.99. The monoisotopic (exact) mass is 74.0 g/mol. The Bertz CT molecular complexity index is 34.6. The van der Waals surface area contributed by atoms with Gasteiger partial charge in [-0.15, -0.1) is 0 Å². The summed E-state index contributed by atoms with van der Waals surface area (Å²) in [5.74, 6) is 0. The lowest BCUT2D eigenvalue weighted by Crippen LogP contribution is -1.91. The Morgan fingerprint density at radius 2 is 2.20 bits per heavy atom. The van der Waals surface area contributed by atoms with E-state index in [0.29, 0.717) is 0 Å². The molecule has 1 aliphatic rings. The zero-order chi connectivity index (χ0) is 3.70. The van der Waals surface area contributed by atoms with Crippen molar-refractivity contribution in [3.8, 4) is 0 Å². The number of hydrogen-bond donors (Lipinski definition) is 2. The highest BCUT2D eigenvalue weighted by Gasteiger charge is 2.15. The van der Waals surface area contributed by atoms with Crippen LogP contribution in [0.4, 0.5) is 0 Å². The van der Waals surface area contributed by atoms with E-state index >= 15 is 0 Å². The molecule has 30 valence electrons. The van der Waals surface area contributed by atoms with Crippen molar-refractivity contribution in [1.82, 2.24) is 10.9 Å². The first-order valence-electron chi connectivity index (χ1n) is 1.47. The smallest absolute Gasteiger partial charge is 0.188 e. The number of methoxy groups -OCH3 is 1. The third-order valence-electron chi connectivity index (χ3n) is 0.498. The van der Waals surface area contributed by atoms with Gasteiger partial charge < -0.3 is 4.74 Å². The van der Waals surface area contributed by atoms with Gasteiger partial charge in [-0.05, 0) is 0 Å². The molecule has 0 amide bonds. The molecule has 0 radical (unpaired) electrons. The van der Waals surface area contributed by atoms with E-state index in [-0.39, 0.29) is 6.35 Å². The third kappa shape index (κ3) is 0.576. The molecule has 2 N–H and O–H groups in total. The molecule has 0 aromatic rings. The largest absolute Gasteiger partial charge is 0.351 e. The number of hydrogen-bond acceptors (Lipinski definition) is 3. The minimum absolute atomic E-state index is 0.134. The second-order valence-electron chi connectivity index (χ2n) is 0.904. The van der Waals surface area contributed by atoms with Gasteiger partial charge in [-0.1, -0.05) is 0 Å². The topological polar surface area (TPSA) is 53.1 Å². The predicted octanol–water partition coefficient (Wildman–Crippen LogP) is -0.976. The normalized spacial score (nSPS) is 23.4. The Kier molecular flexibility index (Phi) is 0.574. The predicted molar refractivity (Wildman–Crippen MR) is 17.1 cm³/mol. The Balaban J connectivity index is 2.00. The minimum Gasteiger partial charge on any atom is -0.351 e. The van der Waals surface area contributed by atoms with Crippen LogP contribution >= 0.6 is 0 Å². The molecule has 0 spiro atoms. The first-order chi connectivity index (χ1) is 2.43. The average Bonchev–Trinajstić information content (AvgIpc) is 2.12. The van der Waals surface area contributed by atoms with Gasteiger partial charge in [0.1, 0.15) is 0 Å². The molecule has 0 bridgehead atoms. The Morgan fingerprint density at radius 3 is 2.20 bits per heavy atom. The van der Waals surface area contributed by atoms with Crippen LogP contribution in [0.15, 0.2) is 0 Å². The molecule has 1 heterocycles. The minimum atomic E-state index is 0.134. The highest BCUT2D eigenvalue weighted by Crippen LogP contribution is 1.82. The van der Waals surface area contributed by atoms with Crippen LogP contribution in [0.25, 0.3) is 0 Å². The van der Waals surface area contributed by atoms with Crippen molar-refractivity contribution < 1.29 is 4.74 Å².